The molecule has 0 radical (unpaired) electrons. The van der Waals surface area contributed by atoms with Crippen LogP contribution in [-0.2, 0) is 0 Å². The second-order valence-electron chi connectivity index (χ2n) is 7.30. The van der Waals surface area contributed by atoms with E-state index < -0.39 is 0 Å². The van der Waals surface area contributed by atoms with Crippen molar-refractivity contribution in [3.63, 3.8) is 0 Å². The highest BCUT2D eigenvalue weighted by Gasteiger charge is 2.26. The van der Waals surface area contributed by atoms with Crippen LogP contribution in [0.2, 0.25) is 0 Å². The molecule has 0 unspecified atom stereocenters. The molecule has 0 aromatic heterocycles. The lowest BCUT2D eigenvalue weighted by Gasteiger charge is -2.39. The minimum atomic E-state index is -0.0237. The number of nitrogens with zero attached hydrogens (tertiary/aromatic N) is 2. The van der Waals surface area contributed by atoms with Crippen molar-refractivity contribution < 1.29 is 9.53 Å². The largest absolute Gasteiger partial charge is 0.495 e. The number of methoxy groups -OCH3 is 1. The number of ether oxygens (including phenoxy) is 1. The number of piperazine rings is 1. The van der Waals surface area contributed by atoms with Crippen LogP contribution in [0.1, 0.15) is 44.1 Å². The van der Waals surface area contributed by atoms with Gasteiger partial charge in [-0.3, -0.25) is 4.90 Å². The molecule has 2 amide bonds. The zero-order valence-corrected chi connectivity index (χ0v) is 15.6. The molecule has 25 heavy (non-hydrogen) atoms. The van der Waals surface area contributed by atoms with Crippen molar-refractivity contribution in [1.29, 1.82) is 0 Å². The number of anilines is 1. The highest BCUT2D eigenvalue weighted by Crippen LogP contribution is 2.26. The Kier molecular flexibility index (Phi) is 6.19. The highest BCUT2D eigenvalue weighted by molar-refractivity contribution is 5.91. The molecular weight excluding hydrogens is 314 g/mol. The van der Waals surface area contributed by atoms with Crippen molar-refractivity contribution in [3.05, 3.63) is 23.8 Å². The molecule has 0 bridgehead atoms. The average Bonchev–Trinajstić information content (AvgIpc) is 2.91. The second kappa shape index (κ2) is 8.56. The zero-order chi connectivity index (χ0) is 17.6. The molecule has 3 rings (SSSR count). The molecule has 2 fully saturated rings. The lowest BCUT2D eigenvalue weighted by Crippen LogP contribution is -2.52. The van der Waals surface area contributed by atoms with Crippen LogP contribution in [0.15, 0.2) is 18.2 Å². The van der Waals surface area contributed by atoms with Crippen molar-refractivity contribution in [2.45, 2.75) is 51.5 Å². The Balaban J connectivity index is 1.54. The molecular formula is C20H31N3O2. The molecule has 1 heterocycles. The van der Waals surface area contributed by atoms with E-state index in [0.29, 0.717) is 5.75 Å². The summed E-state index contributed by atoms with van der Waals surface area (Å²) < 4.78 is 5.36. The Morgan fingerprint density at radius 1 is 1.08 bits per heavy atom. The summed E-state index contributed by atoms with van der Waals surface area (Å²) in [6, 6.07) is 6.54. The number of hydrogen-bond acceptors (Lipinski definition) is 3. The summed E-state index contributed by atoms with van der Waals surface area (Å²) in [5, 5.41) is 3.02. The average molecular weight is 345 g/mol. The summed E-state index contributed by atoms with van der Waals surface area (Å²) in [7, 11) is 1.63. The van der Waals surface area contributed by atoms with Crippen molar-refractivity contribution in [3.8, 4) is 5.75 Å². The summed E-state index contributed by atoms with van der Waals surface area (Å²) in [6.45, 7) is 5.60. The zero-order valence-electron chi connectivity index (χ0n) is 15.6. The van der Waals surface area contributed by atoms with Crippen LogP contribution < -0.4 is 10.1 Å². The van der Waals surface area contributed by atoms with E-state index in [1.807, 2.05) is 30.0 Å². The van der Waals surface area contributed by atoms with Gasteiger partial charge in [-0.25, -0.2) is 4.79 Å². The third kappa shape index (κ3) is 4.66. The van der Waals surface area contributed by atoms with Gasteiger partial charge in [0, 0.05) is 32.2 Å². The smallest absolute Gasteiger partial charge is 0.322 e. The molecule has 0 spiro atoms. The third-order valence-corrected chi connectivity index (χ3v) is 5.54. The van der Waals surface area contributed by atoms with Crippen LogP contribution in [0.25, 0.3) is 0 Å². The first-order valence-corrected chi connectivity index (χ1v) is 9.62. The number of amides is 2. The maximum atomic E-state index is 12.6. The molecule has 1 aliphatic carbocycles. The van der Waals surface area contributed by atoms with Gasteiger partial charge in [-0.2, -0.15) is 0 Å². The SMILES string of the molecule is COc1ccc(C)cc1NC(=O)N1CCN(C2CCCCCC2)CC1. The van der Waals surface area contributed by atoms with Crippen LogP contribution in [-0.4, -0.2) is 55.2 Å². The predicted octanol–water partition coefficient (Wildman–Crippen LogP) is 3.88. The Hall–Kier alpha value is -1.75. The van der Waals surface area contributed by atoms with Crippen LogP contribution in [0.4, 0.5) is 10.5 Å². The Bertz CT molecular complexity index is 574. The Labute approximate surface area is 151 Å². The van der Waals surface area contributed by atoms with Gasteiger partial charge in [0.1, 0.15) is 5.75 Å². The third-order valence-electron chi connectivity index (χ3n) is 5.54. The first-order chi connectivity index (χ1) is 12.2. The molecule has 1 aromatic carbocycles. The van der Waals surface area contributed by atoms with Crippen LogP contribution in [0.5, 0.6) is 5.75 Å². The van der Waals surface area contributed by atoms with Crippen molar-refractivity contribution in [2.75, 3.05) is 38.6 Å². The molecule has 1 aliphatic heterocycles. The summed E-state index contributed by atoms with van der Waals surface area (Å²) in [4.78, 5) is 17.2. The van der Waals surface area contributed by atoms with Gasteiger partial charge in [0.15, 0.2) is 0 Å². The predicted molar refractivity (Wildman–Crippen MR) is 101 cm³/mol. The summed E-state index contributed by atoms with van der Waals surface area (Å²) in [6.07, 6.45) is 8.14. The Morgan fingerprint density at radius 2 is 1.76 bits per heavy atom. The molecule has 1 aromatic rings. The first-order valence-electron chi connectivity index (χ1n) is 9.62. The molecule has 1 saturated carbocycles. The molecule has 1 N–H and O–H groups in total. The molecule has 5 heteroatoms. The van der Waals surface area contributed by atoms with Crippen molar-refractivity contribution >= 4 is 11.7 Å². The lowest BCUT2D eigenvalue weighted by atomic mass is 10.1. The molecule has 1 saturated heterocycles. The fourth-order valence-corrected chi connectivity index (χ4v) is 4.03. The van der Waals surface area contributed by atoms with Gasteiger partial charge in [-0.15, -0.1) is 0 Å². The van der Waals surface area contributed by atoms with Crippen molar-refractivity contribution in [1.82, 2.24) is 9.80 Å². The van der Waals surface area contributed by atoms with E-state index in [1.165, 1.54) is 38.5 Å². The van der Waals surface area contributed by atoms with Gasteiger partial charge in [0.25, 0.3) is 0 Å². The number of urea groups is 1. The topological polar surface area (TPSA) is 44.8 Å². The van der Waals surface area contributed by atoms with E-state index in [2.05, 4.69) is 10.2 Å². The Morgan fingerprint density at radius 3 is 2.40 bits per heavy atom. The maximum Gasteiger partial charge on any atom is 0.322 e. The van der Waals surface area contributed by atoms with Gasteiger partial charge < -0.3 is 15.0 Å². The van der Waals surface area contributed by atoms with E-state index in [9.17, 15) is 4.79 Å². The van der Waals surface area contributed by atoms with Gasteiger partial charge in [-0.1, -0.05) is 31.7 Å². The van der Waals surface area contributed by atoms with Gasteiger partial charge in [0.2, 0.25) is 0 Å². The first kappa shape index (κ1) is 18.1. The number of benzene rings is 1. The molecule has 2 aliphatic rings. The van der Waals surface area contributed by atoms with E-state index in [0.717, 1.165) is 43.5 Å². The summed E-state index contributed by atoms with van der Waals surface area (Å²) in [5.41, 5.74) is 1.85. The van der Waals surface area contributed by atoms with E-state index in [1.54, 1.807) is 7.11 Å². The minimum Gasteiger partial charge on any atom is -0.495 e. The number of hydrogen-bond donors (Lipinski definition) is 1. The van der Waals surface area contributed by atoms with E-state index in [4.69, 9.17) is 4.74 Å². The summed E-state index contributed by atoms with van der Waals surface area (Å²) >= 11 is 0. The molecule has 138 valence electrons. The maximum absolute atomic E-state index is 12.6. The lowest BCUT2D eigenvalue weighted by molar-refractivity contribution is 0.105. The standard InChI is InChI=1S/C20H31N3O2/c1-16-9-10-19(25-2)18(15-16)21-20(24)23-13-11-22(12-14-23)17-7-5-3-4-6-8-17/h9-10,15,17H,3-8,11-14H2,1-2H3,(H,21,24). The number of carbonyl (C=O) groups is 1. The normalized spacial score (nSPS) is 20.2. The number of carbonyl (C=O) groups excluding carboxylic acids is 1. The molecule has 0 atom stereocenters. The monoisotopic (exact) mass is 345 g/mol. The van der Waals surface area contributed by atoms with Gasteiger partial charge in [-0.05, 0) is 37.5 Å². The minimum absolute atomic E-state index is 0.0237. The van der Waals surface area contributed by atoms with Gasteiger partial charge >= 0.3 is 6.03 Å². The highest BCUT2D eigenvalue weighted by atomic mass is 16.5. The summed E-state index contributed by atoms with van der Waals surface area (Å²) in [5.74, 6) is 0.705. The van der Waals surface area contributed by atoms with E-state index in [-0.39, 0.29) is 6.03 Å². The van der Waals surface area contributed by atoms with E-state index >= 15 is 0 Å². The number of rotatable bonds is 3. The number of aryl methyl sites for hydroxylation is 1. The molecule has 5 nitrogen and oxygen atoms in total. The fraction of sp³-hybridized carbons (Fsp3) is 0.650. The quantitative estimate of drug-likeness (QED) is 0.846. The fourth-order valence-electron chi connectivity index (χ4n) is 4.03. The van der Waals surface area contributed by atoms with Crippen molar-refractivity contribution in [2.24, 2.45) is 0 Å². The second-order valence-corrected chi connectivity index (χ2v) is 7.30. The van der Waals surface area contributed by atoms with Crippen LogP contribution in [0, 0.1) is 6.92 Å². The van der Waals surface area contributed by atoms with Gasteiger partial charge in [0.05, 0.1) is 12.8 Å². The number of nitrogens with one attached hydrogen (secondary N) is 1. The van der Waals surface area contributed by atoms with Crippen LogP contribution >= 0.6 is 0 Å². The van der Waals surface area contributed by atoms with Crippen LogP contribution in [0.3, 0.4) is 0 Å².